The van der Waals surface area contributed by atoms with Gasteiger partial charge in [-0.3, -0.25) is 4.99 Å². The number of anilines is 1. The van der Waals surface area contributed by atoms with Crippen LogP contribution in [0.5, 0.6) is 0 Å². The topological polar surface area (TPSA) is 53.6 Å². The van der Waals surface area contributed by atoms with Gasteiger partial charge in [0.15, 0.2) is 5.96 Å². The van der Waals surface area contributed by atoms with Gasteiger partial charge in [0.1, 0.15) is 0 Å². The number of nitrogens with zero attached hydrogens (tertiary/aromatic N) is 2. The molecule has 0 saturated carbocycles. The minimum Gasteiger partial charge on any atom is -0.371 e. The van der Waals surface area contributed by atoms with E-state index in [-0.39, 0.29) is 24.0 Å². The molecule has 1 heterocycles. The predicted octanol–water partition coefficient (Wildman–Crippen LogP) is 3.84. The molecule has 2 rings (SSSR count). The fourth-order valence-electron chi connectivity index (χ4n) is 2.64. The van der Waals surface area contributed by atoms with Crippen molar-refractivity contribution >= 4 is 51.6 Å². The Bertz CT molecular complexity index is 490. The number of nitrogens with two attached hydrogens (primary N) is 1. The smallest absolute Gasteiger partial charge is 0.188 e. The van der Waals surface area contributed by atoms with E-state index in [2.05, 4.69) is 69.3 Å². The Balaban J connectivity index is 0.00000264. The van der Waals surface area contributed by atoms with Gasteiger partial charge in [-0.05, 0) is 48.9 Å². The maximum Gasteiger partial charge on any atom is 0.188 e. The Morgan fingerprint density at radius 1 is 1.39 bits per heavy atom. The van der Waals surface area contributed by atoms with Gasteiger partial charge in [0.2, 0.25) is 0 Å². The number of hydrogen-bond acceptors (Lipinski definition) is 2. The normalized spacial score (nSPS) is 18.2. The quantitative estimate of drug-likeness (QED) is 0.359. The zero-order valence-corrected chi connectivity index (χ0v) is 17.9. The van der Waals surface area contributed by atoms with Crippen LogP contribution in [-0.2, 0) is 0 Å². The third-order valence-electron chi connectivity index (χ3n) is 4.03. The second kappa shape index (κ2) is 10.4. The first-order valence-electron chi connectivity index (χ1n) is 8.09. The van der Waals surface area contributed by atoms with Crippen LogP contribution in [0.3, 0.4) is 0 Å². The highest BCUT2D eigenvalue weighted by molar-refractivity contribution is 14.0. The Kier molecular flexibility index (Phi) is 9.27. The molecule has 1 saturated heterocycles. The van der Waals surface area contributed by atoms with Gasteiger partial charge in [0, 0.05) is 36.3 Å². The van der Waals surface area contributed by atoms with E-state index in [0.717, 1.165) is 37.1 Å². The maximum absolute atomic E-state index is 5.92. The summed E-state index contributed by atoms with van der Waals surface area (Å²) in [6.07, 6.45) is 2.30. The van der Waals surface area contributed by atoms with Crippen molar-refractivity contribution in [3.05, 3.63) is 28.7 Å². The maximum atomic E-state index is 5.92. The standard InChI is InChI=1S/C17H27BrN4.HI/c1-13(2)7-9-20-17(19)21-11-14-8-10-22(12-14)16-5-3-15(18)4-6-16;/h3-6,13-14H,7-12H2,1-2H3,(H3,19,20,21);1H. The summed E-state index contributed by atoms with van der Waals surface area (Å²) in [5.41, 5.74) is 7.21. The van der Waals surface area contributed by atoms with E-state index in [1.165, 1.54) is 12.1 Å². The van der Waals surface area contributed by atoms with Gasteiger partial charge in [0.25, 0.3) is 0 Å². The molecular weight excluding hydrogens is 467 g/mol. The molecule has 3 N–H and O–H groups in total. The molecule has 0 spiro atoms. The van der Waals surface area contributed by atoms with E-state index in [1.54, 1.807) is 0 Å². The third-order valence-corrected chi connectivity index (χ3v) is 4.55. The van der Waals surface area contributed by atoms with E-state index in [4.69, 9.17) is 5.73 Å². The summed E-state index contributed by atoms with van der Waals surface area (Å²) in [6, 6.07) is 8.52. The second-order valence-electron chi connectivity index (χ2n) is 6.41. The summed E-state index contributed by atoms with van der Waals surface area (Å²) >= 11 is 3.48. The SMILES string of the molecule is CC(C)CCNC(N)=NCC1CCN(c2ccc(Br)cc2)C1.I. The van der Waals surface area contributed by atoms with Crippen molar-refractivity contribution in [3.8, 4) is 0 Å². The van der Waals surface area contributed by atoms with Crippen molar-refractivity contribution in [2.24, 2.45) is 22.6 Å². The van der Waals surface area contributed by atoms with Crippen LogP contribution in [-0.4, -0.2) is 32.1 Å². The predicted molar refractivity (Wildman–Crippen MR) is 114 cm³/mol. The molecule has 0 aromatic heterocycles. The molecule has 1 aromatic rings. The number of rotatable bonds is 6. The summed E-state index contributed by atoms with van der Waals surface area (Å²) < 4.78 is 1.12. The Labute approximate surface area is 165 Å². The number of hydrogen-bond donors (Lipinski definition) is 2. The fraction of sp³-hybridized carbons (Fsp3) is 0.588. The van der Waals surface area contributed by atoms with Gasteiger partial charge in [0.05, 0.1) is 0 Å². The lowest BCUT2D eigenvalue weighted by Crippen LogP contribution is -2.33. The number of nitrogens with one attached hydrogen (secondary N) is 1. The number of benzene rings is 1. The van der Waals surface area contributed by atoms with Crippen LogP contribution in [0.4, 0.5) is 5.69 Å². The van der Waals surface area contributed by atoms with E-state index in [9.17, 15) is 0 Å². The molecule has 1 aromatic carbocycles. The highest BCUT2D eigenvalue weighted by Gasteiger charge is 2.22. The van der Waals surface area contributed by atoms with E-state index < -0.39 is 0 Å². The molecule has 0 amide bonds. The molecule has 1 aliphatic heterocycles. The zero-order chi connectivity index (χ0) is 15.9. The summed E-state index contributed by atoms with van der Waals surface area (Å²) in [4.78, 5) is 6.92. The first kappa shape index (κ1) is 20.5. The Hall–Kier alpha value is -0.500. The van der Waals surface area contributed by atoms with Crippen molar-refractivity contribution in [1.82, 2.24) is 5.32 Å². The molecule has 4 nitrogen and oxygen atoms in total. The lowest BCUT2D eigenvalue weighted by Gasteiger charge is -2.18. The Morgan fingerprint density at radius 3 is 2.74 bits per heavy atom. The van der Waals surface area contributed by atoms with Crippen LogP contribution in [0, 0.1) is 11.8 Å². The van der Waals surface area contributed by atoms with Crippen LogP contribution < -0.4 is 16.0 Å². The molecule has 0 radical (unpaired) electrons. The van der Waals surface area contributed by atoms with E-state index in [1.807, 2.05) is 0 Å². The van der Waals surface area contributed by atoms with Crippen LogP contribution >= 0.6 is 39.9 Å². The summed E-state index contributed by atoms with van der Waals surface area (Å²) in [5, 5.41) is 3.20. The number of halogens is 2. The average molecular weight is 495 g/mol. The third kappa shape index (κ3) is 7.28. The number of guanidine groups is 1. The average Bonchev–Trinajstić information content (AvgIpc) is 2.94. The molecule has 0 bridgehead atoms. The lowest BCUT2D eigenvalue weighted by atomic mass is 10.1. The van der Waals surface area contributed by atoms with E-state index >= 15 is 0 Å². The van der Waals surface area contributed by atoms with Crippen LogP contribution in [0.25, 0.3) is 0 Å². The first-order valence-corrected chi connectivity index (χ1v) is 8.88. The van der Waals surface area contributed by atoms with E-state index in [0.29, 0.717) is 17.8 Å². The molecule has 23 heavy (non-hydrogen) atoms. The largest absolute Gasteiger partial charge is 0.371 e. The van der Waals surface area contributed by atoms with Crippen LogP contribution in [0.15, 0.2) is 33.7 Å². The molecule has 1 unspecified atom stereocenters. The molecule has 1 aliphatic rings. The highest BCUT2D eigenvalue weighted by atomic mass is 127. The van der Waals surface area contributed by atoms with Gasteiger partial charge in [-0.1, -0.05) is 29.8 Å². The first-order chi connectivity index (χ1) is 10.5. The molecule has 1 atom stereocenters. The zero-order valence-electron chi connectivity index (χ0n) is 14.0. The number of aliphatic imine (C=N–C) groups is 1. The molecule has 6 heteroatoms. The molecular formula is C17H28BrIN4. The fourth-order valence-corrected chi connectivity index (χ4v) is 2.90. The highest BCUT2D eigenvalue weighted by Crippen LogP contribution is 2.25. The van der Waals surface area contributed by atoms with Gasteiger partial charge in [-0.2, -0.15) is 0 Å². The van der Waals surface area contributed by atoms with Crippen molar-refractivity contribution in [2.45, 2.75) is 26.7 Å². The van der Waals surface area contributed by atoms with Crippen molar-refractivity contribution < 1.29 is 0 Å². The van der Waals surface area contributed by atoms with Crippen molar-refractivity contribution in [2.75, 3.05) is 31.1 Å². The lowest BCUT2D eigenvalue weighted by molar-refractivity contribution is 0.572. The van der Waals surface area contributed by atoms with Crippen LogP contribution in [0.2, 0.25) is 0 Å². The molecule has 130 valence electrons. The van der Waals surface area contributed by atoms with Crippen molar-refractivity contribution in [1.29, 1.82) is 0 Å². The second-order valence-corrected chi connectivity index (χ2v) is 7.33. The summed E-state index contributed by atoms with van der Waals surface area (Å²) in [5.74, 6) is 1.87. The Morgan fingerprint density at radius 2 is 2.09 bits per heavy atom. The van der Waals surface area contributed by atoms with Gasteiger partial charge < -0.3 is 16.0 Å². The molecule has 0 aliphatic carbocycles. The minimum atomic E-state index is 0. The summed E-state index contributed by atoms with van der Waals surface area (Å²) in [7, 11) is 0. The minimum absolute atomic E-state index is 0. The van der Waals surface area contributed by atoms with Gasteiger partial charge in [-0.15, -0.1) is 24.0 Å². The van der Waals surface area contributed by atoms with Gasteiger partial charge in [-0.25, -0.2) is 0 Å². The van der Waals surface area contributed by atoms with Gasteiger partial charge >= 0.3 is 0 Å². The summed E-state index contributed by atoms with van der Waals surface area (Å²) in [6.45, 7) is 8.30. The molecule has 1 fully saturated rings. The van der Waals surface area contributed by atoms with Crippen molar-refractivity contribution in [3.63, 3.8) is 0 Å². The van der Waals surface area contributed by atoms with Crippen LogP contribution in [0.1, 0.15) is 26.7 Å². The monoisotopic (exact) mass is 494 g/mol.